The van der Waals surface area contributed by atoms with Crippen molar-refractivity contribution in [3.05, 3.63) is 83.2 Å². The van der Waals surface area contributed by atoms with Crippen molar-refractivity contribution in [2.75, 3.05) is 69.9 Å². The number of allylic oxidation sites excluding steroid dienone is 1. The minimum Gasteiger partial charge on any atom is -0.494 e. The predicted molar refractivity (Wildman–Crippen MR) is 228 cm³/mol. The molecule has 8 N–H and O–H groups in total. The minimum atomic E-state index is -0.628. The topological polar surface area (TPSA) is 257 Å². The smallest absolute Gasteiger partial charge is 0.410 e. The molecule has 322 valence electrons. The first-order valence-electron chi connectivity index (χ1n) is 19.2. The van der Waals surface area contributed by atoms with E-state index in [0.29, 0.717) is 91.0 Å². The van der Waals surface area contributed by atoms with Crippen molar-refractivity contribution in [2.45, 2.75) is 53.3 Å². The molecule has 19 nitrogen and oxygen atoms in total. The number of nitrogen functional groups attached to an aromatic ring is 1. The third-order valence-electron chi connectivity index (χ3n) is 8.90. The fourth-order valence-corrected chi connectivity index (χ4v) is 6.00. The third-order valence-corrected chi connectivity index (χ3v) is 8.90. The summed E-state index contributed by atoms with van der Waals surface area (Å²) in [4.78, 5) is 68.0. The van der Waals surface area contributed by atoms with Crippen LogP contribution in [0.2, 0.25) is 0 Å². The molecule has 2 aromatic heterocycles. The number of amides is 5. The van der Waals surface area contributed by atoms with Gasteiger partial charge < -0.3 is 46.2 Å². The van der Waals surface area contributed by atoms with Crippen molar-refractivity contribution < 1.29 is 38.2 Å². The van der Waals surface area contributed by atoms with Gasteiger partial charge in [-0.3, -0.25) is 34.1 Å². The Hall–Kier alpha value is -6.89. The zero-order chi connectivity index (χ0) is 44.1. The quantitative estimate of drug-likeness (QED) is 0.0852. The van der Waals surface area contributed by atoms with Crippen molar-refractivity contribution in [2.24, 2.45) is 11.5 Å². The maximum atomic E-state index is 13.2. The van der Waals surface area contributed by atoms with Crippen molar-refractivity contribution in [1.82, 2.24) is 29.1 Å². The summed E-state index contributed by atoms with van der Waals surface area (Å²) in [6.45, 7) is 12.6. The number of nitrogens with one attached hydrogen (secondary N) is 2. The van der Waals surface area contributed by atoms with Crippen LogP contribution in [0.3, 0.4) is 0 Å². The van der Waals surface area contributed by atoms with E-state index in [0.717, 1.165) is 0 Å². The molecule has 2 aromatic carbocycles. The number of nitrogens with zero attached hydrogens (tertiary/aromatic N) is 6. The Morgan fingerprint density at radius 1 is 0.933 bits per heavy atom. The number of aromatic nitrogens is 4. The highest BCUT2D eigenvalue weighted by molar-refractivity contribution is 6.04. The maximum Gasteiger partial charge on any atom is 0.410 e. The second-order valence-electron chi connectivity index (χ2n) is 14.6. The van der Waals surface area contributed by atoms with Gasteiger partial charge in [0.15, 0.2) is 0 Å². The second-order valence-corrected chi connectivity index (χ2v) is 14.6. The lowest BCUT2D eigenvalue weighted by Crippen LogP contribution is -2.53. The van der Waals surface area contributed by atoms with E-state index in [1.807, 2.05) is 58.9 Å². The van der Waals surface area contributed by atoms with Gasteiger partial charge in [-0.25, -0.2) is 9.78 Å². The molecule has 19 heteroatoms. The highest BCUT2D eigenvalue weighted by Gasteiger charge is 2.29. The van der Waals surface area contributed by atoms with E-state index in [1.165, 1.54) is 24.1 Å². The molecular weight excluding hydrogens is 775 g/mol. The number of carbonyl (C=O) groups is 5. The van der Waals surface area contributed by atoms with Crippen LogP contribution in [0.15, 0.2) is 60.7 Å². The number of rotatable bonds is 15. The Balaban J connectivity index is 0.000000334. The first-order chi connectivity index (χ1) is 28.5. The van der Waals surface area contributed by atoms with Gasteiger partial charge in [-0.15, -0.1) is 0 Å². The first kappa shape index (κ1) is 45.8. The van der Waals surface area contributed by atoms with E-state index in [2.05, 4.69) is 20.7 Å². The number of ether oxygens (including phenoxy) is 3. The molecule has 0 atom stereocenters. The summed E-state index contributed by atoms with van der Waals surface area (Å²) in [5.74, 6) is -0.997. The monoisotopic (exact) mass is 829 g/mol. The van der Waals surface area contributed by atoms with Crippen LogP contribution in [0, 0.1) is 6.92 Å². The summed E-state index contributed by atoms with van der Waals surface area (Å²) in [6.07, 6.45) is 7.08. The first-order valence-corrected chi connectivity index (χ1v) is 19.2. The summed E-state index contributed by atoms with van der Waals surface area (Å²) in [6, 6.07) is 9.58. The summed E-state index contributed by atoms with van der Waals surface area (Å²) in [5, 5.41) is 10.4. The molecule has 4 aromatic rings. The summed E-state index contributed by atoms with van der Waals surface area (Å²) in [7, 11) is 3.10. The van der Waals surface area contributed by atoms with Gasteiger partial charge in [0.25, 0.3) is 5.91 Å². The number of imidazole rings is 1. The van der Waals surface area contributed by atoms with Crippen LogP contribution >= 0.6 is 0 Å². The zero-order valence-electron chi connectivity index (χ0n) is 35.1. The van der Waals surface area contributed by atoms with E-state index in [-0.39, 0.29) is 29.9 Å². The Bertz CT molecular complexity index is 2250. The number of aryl methyl sites for hydroxylation is 2. The lowest BCUT2D eigenvalue weighted by Gasteiger charge is -2.34. The zero-order valence-corrected chi connectivity index (χ0v) is 35.1. The molecule has 1 aliphatic heterocycles. The van der Waals surface area contributed by atoms with Gasteiger partial charge in [0.1, 0.15) is 29.1 Å². The molecule has 0 spiro atoms. The van der Waals surface area contributed by atoms with E-state index in [1.54, 1.807) is 45.5 Å². The molecule has 5 amide bonds. The molecule has 0 aliphatic carbocycles. The Labute approximate surface area is 348 Å². The van der Waals surface area contributed by atoms with Crippen molar-refractivity contribution in [3.63, 3.8) is 0 Å². The van der Waals surface area contributed by atoms with Gasteiger partial charge in [-0.05, 0) is 71.0 Å². The van der Waals surface area contributed by atoms with Gasteiger partial charge in [-0.2, -0.15) is 5.10 Å². The average Bonchev–Trinajstić information content (AvgIpc) is 3.75. The number of primary amides is 2. The molecular formula is C41H55N11O8. The van der Waals surface area contributed by atoms with E-state index in [4.69, 9.17) is 31.4 Å². The normalized spacial score (nSPS) is 13.1. The van der Waals surface area contributed by atoms with Crippen molar-refractivity contribution >= 4 is 58.1 Å². The fourth-order valence-electron chi connectivity index (χ4n) is 6.00. The third kappa shape index (κ3) is 12.3. The molecule has 1 aliphatic rings. The number of hydrogen-bond acceptors (Lipinski definition) is 12. The number of piperazine rings is 1. The molecule has 0 saturated carbocycles. The Morgan fingerprint density at radius 3 is 2.27 bits per heavy atom. The predicted octanol–water partition coefficient (Wildman–Crippen LogP) is 3.54. The van der Waals surface area contributed by atoms with Crippen LogP contribution in [-0.2, 0) is 27.4 Å². The molecule has 3 heterocycles. The van der Waals surface area contributed by atoms with Crippen LogP contribution in [0.1, 0.15) is 64.6 Å². The Kier molecular flexibility index (Phi) is 15.8. The number of methoxy groups -OCH3 is 2. The summed E-state index contributed by atoms with van der Waals surface area (Å²) >= 11 is 0. The van der Waals surface area contributed by atoms with E-state index < -0.39 is 23.5 Å². The number of benzene rings is 2. The molecule has 1 fully saturated rings. The summed E-state index contributed by atoms with van der Waals surface area (Å²) in [5.41, 5.74) is 20.0. The van der Waals surface area contributed by atoms with Gasteiger partial charge >= 0.3 is 6.09 Å². The number of carbonyl (C=O) groups excluding carboxylic acids is 5. The molecule has 0 unspecified atom stereocenters. The standard InChI is InChI=1S/C27H31N9O4.C14H24N2O4/c1-4-36-21(11-15(2)34-36)26(39)33-27-32-20-13-17(25(30)38)14-22(40-3)23(20)35(27)10-6-5-9-31-19-8-7-16(24(29)37)12-18(19)28;1-14(2,3)20-13(18)16-9-8-15(12(17)11-16)7-5-6-10-19-4/h5-8,11-14,31H,4,9-10,28H2,1-3H3,(H2,29,37)(H2,30,38)(H,32,33,39);5-6H,7-11H2,1-4H3/b6-5+;6-5-. The maximum absolute atomic E-state index is 13.2. The lowest BCUT2D eigenvalue weighted by atomic mass is 10.1. The van der Waals surface area contributed by atoms with Crippen LogP contribution in [0.5, 0.6) is 5.75 Å². The highest BCUT2D eigenvalue weighted by atomic mass is 16.6. The second kappa shape index (κ2) is 20.7. The molecule has 1 saturated heterocycles. The number of nitrogens with two attached hydrogens (primary N) is 3. The van der Waals surface area contributed by atoms with Crippen LogP contribution in [-0.4, -0.2) is 118 Å². The van der Waals surface area contributed by atoms with Gasteiger partial charge in [0.2, 0.25) is 23.7 Å². The van der Waals surface area contributed by atoms with Crippen molar-refractivity contribution in [1.29, 1.82) is 0 Å². The summed E-state index contributed by atoms with van der Waals surface area (Å²) < 4.78 is 19.1. The van der Waals surface area contributed by atoms with Crippen LogP contribution < -0.4 is 32.6 Å². The molecule has 0 bridgehead atoms. The SMILES string of the molecule is CCn1nc(C)cc1C(=O)Nc1nc2cc(C(N)=O)cc(OC)c2n1C/C=C/CNc1ccc(C(N)=O)cc1N.COC/C=C\CN1CCN(C(=O)OC(C)(C)C)CC1=O. The highest BCUT2D eigenvalue weighted by Crippen LogP contribution is 2.31. The Morgan fingerprint density at radius 2 is 1.65 bits per heavy atom. The van der Waals surface area contributed by atoms with Crippen molar-refractivity contribution in [3.8, 4) is 5.75 Å². The minimum absolute atomic E-state index is 0.0656. The lowest BCUT2D eigenvalue weighted by molar-refractivity contribution is -0.135. The van der Waals surface area contributed by atoms with Crippen LogP contribution in [0.4, 0.5) is 22.1 Å². The fraction of sp³-hybridized carbons (Fsp3) is 0.390. The number of hydrogen-bond donors (Lipinski definition) is 5. The largest absolute Gasteiger partial charge is 0.494 e. The van der Waals surface area contributed by atoms with E-state index >= 15 is 0 Å². The molecule has 0 radical (unpaired) electrons. The average molecular weight is 830 g/mol. The number of anilines is 3. The molecule has 60 heavy (non-hydrogen) atoms. The molecule has 5 rings (SSSR count). The van der Waals surface area contributed by atoms with Gasteiger partial charge in [0, 0.05) is 57.5 Å². The number of fused-ring (bicyclic) bond motifs is 1. The van der Waals surface area contributed by atoms with Gasteiger partial charge in [-0.1, -0.05) is 24.3 Å². The van der Waals surface area contributed by atoms with E-state index in [9.17, 15) is 24.0 Å². The van der Waals surface area contributed by atoms with Crippen LogP contribution in [0.25, 0.3) is 11.0 Å². The van der Waals surface area contributed by atoms with Gasteiger partial charge in [0.05, 0.1) is 36.3 Å².